The van der Waals surface area contributed by atoms with Gasteiger partial charge in [0, 0.05) is 10.9 Å². The number of para-hydroxylation sites is 1. The van der Waals surface area contributed by atoms with Crippen LogP contribution in [0.2, 0.25) is 0 Å². The lowest BCUT2D eigenvalue weighted by Gasteiger charge is -2.26. The molecule has 0 radical (unpaired) electrons. The third kappa shape index (κ3) is 5.70. The molecule has 0 spiro atoms. The predicted molar refractivity (Wildman–Crippen MR) is 148 cm³/mol. The Morgan fingerprint density at radius 2 is 1.51 bits per heavy atom. The lowest BCUT2D eigenvalue weighted by atomic mass is 9.96. The first-order chi connectivity index (χ1) is 18.1. The molecule has 6 heteroatoms. The first-order valence-corrected chi connectivity index (χ1v) is 12.7. The van der Waals surface area contributed by atoms with Crippen molar-refractivity contribution < 1.29 is 19.0 Å². The van der Waals surface area contributed by atoms with Gasteiger partial charge in [0.1, 0.15) is 23.0 Å². The van der Waals surface area contributed by atoms with Gasteiger partial charge < -0.3 is 19.5 Å². The van der Waals surface area contributed by atoms with Crippen molar-refractivity contribution in [1.29, 1.82) is 0 Å². The van der Waals surface area contributed by atoms with Gasteiger partial charge in [-0.05, 0) is 85.4 Å². The number of methoxy groups -OCH3 is 2. The summed E-state index contributed by atoms with van der Waals surface area (Å²) >= 11 is 0. The summed E-state index contributed by atoms with van der Waals surface area (Å²) in [6.07, 6.45) is 3.50. The molecule has 1 amide bonds. The maximum absolute atomic E-state index is 13.3. The number of nitrogens with zero attached hydrogens (tertiary/aromatic N) is 1. The number of carbonyl (C=O) groups excluding carboxylic acids is 1. The van der Waals surface area contributed by atoms with Gasteiger partial charge in [0.05, 0.1) is 26.5 Å². The van der Waals surface area contributed by atoms with E-state index in [-0.39, 0.29) is 5.91 Å². The van der Waals surface area contributed by atoms with E-state index in [1.807, 2.05) is 78.9 Å². The molecule has 0 saturated carbocycles. The summed E-state index contributed by atoms with van der Waals surface area (Å²) in [5.41, 5.74) is 2.42. The SMILES string of the molecule is COc1ccc(-c2c(NC(=O)CN3CCCCC3)cc3cc(OC)ccc3c2Oc2ccccc2)cc1. The van der Waals surface area contributed by atoms with Gasteiger partial charge >= 0.3 is 0 Å². The van der Waals surface area contributed by atoms with Gasteiger partial charge in [-0.2, -0.15) is 0 Å². The van der Waals surface area contributed by atoms with E-state index in [4.69, 9.17) is 14.2 Å². The van der Waals surface area contributed by atoms with Crippen LogP contribution < -0.4 is 19.5 Å². The van der Waals surface area contributed by atoms with Crippen molar-refractivity contribution in [3.63, 3.8) is 0 Å². The molecule has 190 valence electrons. The van der Waals surface area contributed by atoms with Gasteiger partial charge in [-0.25, -0.2) is 0 Å². The van der Waals surface area contributed by atoms with E-state index in [9.17, 15) is 4.79 Å². The van der Waals surface area contributed by atoms with Crippen molar-refractivity contribution in [3.8, 4) is 34.1 Å². The lowest BCUT2D eigenvalue weighted by Crippen LogP contribution is -2.36. The van der Waals surface area contributed by atoms with Crippen molar-refractivity contribution >= 4 is 22.4 Å². The standard InChI is InChI=1S/C31H32N2O4/c1-35-24-13-11-22(12-14-24)30-28(32-29(34)21-33-17-7-4-8-18-33)20-23-19-26(36-2)15-16-27(23)31(30)37-25-9-5-3-6-10-25/h3,5-6,9-16,19-20H,4,7-8,17-18,21H2,1-2H3,(H,32,34). The first-order valence-electron chi connectivity index (χ1n) is 12.7. The summed E-state index contributed by atoms with van der Waals surface area (Å²) in [5, 5.41) is 5.04. The van der Waals surface area contributed by atoms with Crippen molar-refractivity contribution in [2.24, 2.45) is 0 Å². The van der Waals surface area contributed by atoms with E-state index in [2.05, 4.69) is 10.2 Å². The number of benzene rings is 4. The molecule has 1 heterocycles. The highest BCUT2D eigenvalue weighted by atomic mass is 16.5. The zero-order valence-electron chi connectivity index (χ0n) is 21.3. The number of likely N-dealkylation sites (tertiary alicyclic amines) is 1. The Morgan fingerprint density at radius 1 is 0.811 bits per heavy atom. The molecule has 4 aromatic rings. The number of carbonyl (C=O) groups is 1. The topological polar surface area (TPSA) is 60.0 Å². The van der Waals surface area contributed by atoms with E-state index in [0.717, 1.165) is 59.3 Å². The molecule has 6 nitrogen and oxygen atoms in total. The second-order valence-corrected chi connectivity index (χ2v) is 9.24. The molecule has 0 aromatic heterocycles. The first kappa shape index (κ1) is 24.7. The second kappa shape index (κ2) is 11.4. The Morgan fingerprint density at radius 3 is 2.22 bits per heavy atom. The summed E-state index contributed by atoms with van der Waals surface area (Å²) < 4.78 is 17.4. The van der Waals surface area contributed by atoms with Crippen molar-refractivity contribution in [2.75, 3.05) is 39.2 Å². The fourth-order valence-electron chi connectivity index (χ4n) is 4.84. The van der Waals surface area contributed by atoms with Gasteiger partial charge in [-0.15, -0.1) is 0 Å². The monoisotopic (exact) mass is 496 g/mol. The third-order valence-electron chi connectivity index (χ3n) is 6.73. The number of piperidine rings is 1. The zero-order valence-corrected chi connectivity index (χ0v) is 21.3. The molecular weight excluding hydrogens is 464 g/mol. The Balaban J connectivity index is 1.65. The van der Waals surface area contributed by atoms with Crippen LogP contribution >= 0.6 is 0 Å². The highest BCUT2D eigenvalue weighted by molar-refractivity contribution is 6.06. The van der Waals surface area contributed by atoms with Crippen LogP contribution in [-0.4, -0.2) is 44.7 Å². The van der Waals surface area contributed by atoms with Crippen LogP contribution in [-0.2, 0) is 4.79 Å². The number of amides is 1. The highest BCUT2D eigenvalue weighted by Crippen LogP contribution is 2.45. The van der Waals surface area contributed by atoms with E-state index in [1.54, 1.807) is 14.2 Å². The van der Waals surface area contributed by atoms with Crippen LogP contribution in [0.3, 0.4) is 0 Å². The average molecular weight is 497 g/mol. The van der Waals surface area contributed by atoms with Gasteiger partial charge in [0.15, 0.2) is 0 Å². The summed E-state index contributed by atoms with van der Waals surface area (Å²) in [6, 6.07) is 25.4. The molecule has 5 rings (SSSR count). The quantitative estimate of drug-likeness (QED) is 0.293. The summed E-state index contributed by atoms with van der Waals surface area (Å²) in [6.45, 7) is 2.28. The molecule has 0 aliphatic carbocycles. The molecule has 1 saturated heterocycles. The molecule has 37 heavy (non-hydrogen) atoms. The van der Waals surface area contributed by atoms with Gasteiger partial charge in [0.25, 0.3) is 0 Å². The van der Waals surface area contributed by atoms with E-state index in [1.165, 1.54) is 6.42 Å². The minimum Gasteiger partial charge on any atom is -0.497 e. The molecule has 1 aliphatic rings. The molecule has 0 atom stereocenters. The summed E-state index contributed by atoms with van der Waals surface area (Å²) in [4.78, 5) is 15.5. The van der Waals surface area contributed by atoms with Crippen LogP contribution in [0.15, 0.2) is 78.9 Å². The molecule has 1 N–H and O–H groups in total. The van der Waals surface area contributed by atoms with Crippen LogP contribution in [0.1, 0.15) is 19.3 Å². The molecule has 4 aromatic carbocycles. The number of nitrogens with one attached hydrogen (secondary N) is 1. The summed E-state index contributed by atoms with van der Waals surface area (Å²) in [5.74, 6) is 2.84. The van der Waals surface area contributed by atoms with Crippen molar-refractivity contribution in [2.45, 2.75) is 19.3 Å². The molecule has 1 aliphatic heterocycles. The number of fused-ring (bicyclic) bond motifs is 1. The van der Waals surface area contributed by atoms with Crippen LogP contribution in [0.4, 0.5) is 5.69 Å². The van der Waals surface area contributed by atoms with E-state index < -0.39 is 0 Å². The zero-order chi connectivity index (χ0) is 25.6. The van der Waals surface area contributed by atoms with Crippen LogP contribution in [0.25, 0.3) is 21.9 Å². The molecule has 0 unspecified atom stereocenters. The lowest BCUT2D eigenvalue weighted by molar-refractivity contribution is -0.117. The maximum atomic E-state index is 13.3. The van der Waals surface area contributed by atoms with E-state index >= 15 is 0 Å². The molecule has 1 fully saturated rings. The van der Waals surface area contributed by atoms with Crippen molar-refractivity contribution in [3.05, 3.63) is 78.9 Å². The average Bonchev–Trinajstić information content (AvgIpc) is 2.94. The minimum atomic E-state index is -0.0374. The Labute approximate surface area is 217 Å². The smallest absolute Gasteiger partial charge is 0.238 e. The van der Waals surface area contributed by atoms with Gasteiger partial charge in [0.2, 0.25) is 5.91 Å². The highest BCUT2D eigenvalue weighted by Gasteiger charge is 2.21. The van der Waals surface area contributed by atoms with Crippen LogP contribution in [0, 0.1) is 0 Å². The largest absolute Gasteiger partial charge is 0.497 e. The number of ether oxygens (including phenoxy) is 3. The second-order valence-electron chi connectivity index (χ2n) is 9.24. The fraction of sp³-hybridized carbons (Fsp3) is 0.258. The number of hydrogen-bond donors (Lipinski definition) is 1. The molecule has 0 bridgehead atoms. The minimum absolute atomic E-state index is 0.0374. The third-order valence-corrected chi connectivity index (χ3v) is 6.73. The number of anilines is 1. The molecular formula is C31H32N2O4. The number of rotatable bonds is 8. The predicted octanol–water partition coefficient (Wildman–Crippen LogP) is 6.74. The number of hydrogen-bond acceptors (Lipinski definition) is 5. The van der Waals surface area contributed by atoms with Crippen LogP contribution in [0.5, 0.6) is 23.0 Å². The Bertz CT molecular complexity index is 1360. The summed E-state index contributed by atoms with van der Waals surface area (Å²) in [7, 11) is 3.30. The maximum Gasteiger partial charge on any atom is 0.238 e. The van der Waals surface area contributed by atoms with Gasteiger partial charge in [-0.3, -0.25) is 9.69 Å². The van der Waals surface area contributed by atoms with Crippen molar-refractivity contribution in [1.82, 2.24) is 4.90 Å². The van der Waals surface area contributed by atoms with E-state index in [0.29, 0.717) is 23.7 Å². The Kier molecular flexibility index (Phi) is 7.57. The normalized spacial score (nSPS) is 13.8. The fourth-order valence-corrected chi connectivity index (χ4v) is 4.84. The Hall–Kier alpha value is -4.03. The van der Waals surface area contributed by atoms with Gasteiger partial charge in [-0.1, -0.05) is 36.8 Å².